The number of hydrogen-bond donors (Lipinski definition) is 1. The summed E-state index contributed by atoms with van der Waals surface area (Å²) in [5, 5.41) is 0.647. The molecule has 5 saturated carbocycles. The van der Waals surface area contributed by atoms with Gasteiger partial charge in [0.15, 0.2) is 0 Å². The summed E-state index contributed by atoms with van der Waals surface area (Å²) in [5.74, 6) is 3.65. The van der Waals surface area contributed by atoms with Gasteiger partial charge in [-0.3, -0.25) is 4.79 Å². The van der Waals surface area contributed by atoms with Gasteiger partial charge in [-0.15, -0.1) is 0 Å². The predicted molar refractivity (Wildman–Crippen MR) is 126 cm³/mol. The minimum Gasteiger partial charge on any atom is -0.330 e. The lowest BCUT2D eigenvalue weighted by Gasteiger charge is -2.42. The Hall–Kier alpha value is -1.13. The van der Waals surface area contributed by atoms with E-state index in [1.807, 2.05) is 6.21 Å². The lowest BCUT2D eigenvalue weighted by molar-refractivity contribution is -0.129. The number of nitrogens with zero attached hydrogens (tertiary/aromatic N) is 1. The fourth-order valence-corrected chi connectivity index (χ4v) is 9.04. The molecule has 30 heavy (non-hydrogen) atoms. The van der Waals surface area contributed by atoms with Gasteiger partial charge in [-0.25, -0.2) is 4.99 Å². The number of aliphatic imine (C=N–C) groups is 1. The zero-order valence-electron chi connectivity index (χ0n) is 18.3. The zero-order chi connectivity index (χ0) is 20.8. The van der Waals surface area contributed by atoms with Crippen LogP contribution in [0.1, 0.15) is 63.9 Å². The van der Waals surface area contributed by atoms with Crippen molar-refractivity contribution in [2.75, 3.05) is 12.3 Å². The molecule has 162 valence electrons. The van der Waals surface area contributed by atoms with Crippen molar-refractivity contribution in [2.24, 2.45) is 39.8 Å². The predicted octanol–water partition coefficient (Wildman–Crippen LogP) is 5.23. The molecule has 5 aliphatic rings. The Labute approximate surface area is 185 Å². The highest BCUT2D eigenvalue weighted by atomic mass is 32.2. The molecule has 3 nitrogen and oxygen atoms in total. The van der Waals surface area contributed by atoms with Crippen LogP contribution < -0.4 is 5.73 Å². The van der Waals surface area contributed by atoms with Gasteiger partial charge in [-0.05, 0) is 98.3 Å². The van der Waals surface area contributed by atoms with Gasteiger partial charge in [0.2, 0.25) is 0 Å². The molecule has 1 aromatic carbocycles. The molecular weight excluding hydrogens is 388 g/mol. The summed E-state index contributed by atoms with van der Waals surface area (Å²) in [6, 6.07) is 11.0. The van der Waals surface area contributed by atoms with Crippen molar-refractivity contribution >= 4 is 23.9 Å². The average molecular weight is 425 g/mol. The maximum Gasteiger partial charge on any atom is 0.251 e. The van der Waals surface area contributed by atoms with Crippen molar-refractivity contribution in [3.63, 3.8) is 0 Å². The lowest BCUT2D eigenvalue weighted by Crippen LogP contribution is -2.38. The molecule has 0 aliphatic heterocycles. The van der Waals surface area contributed by atoms with E-state index in [1.165, 1.54) is 31.2 Å². The second-order valence-corrected chi connectivity index (χ2v) is 11.9. The molecule has 0 saturated heterocycles. The minimum absolute atomic E-state index is 0.198. The summed E-state index contributed by atoms with van der Waals surface area (Å²) in [5.41, 5.74) is 7.28. The van der Waals surface area contributed by atoms with Crippen LogP contribution in [-0.2, 0) is 10.2 Å². The minimum atomic E-state index is -0.212. The maximum atomic E-state index is 13.7. The Morgan fingerprint density at radius 2 is 1.93 bits per heavy atom. The first-order valence-corrected chi connectivity index (χ1v) is 13.1. The molecule has 0 aromatic heterocycles. The quantitative estimate of drug-likeness (QED) is 0.636. The third-order valence-electron chi connectivity index (χ3n) is 8.91. The van der Waals surface area contributed by atoms with Crippen LogP contribution in [0.15, 0.2) is 35.3 Å². The molecule has 6 rings (SSSR count). The monoisotopic (exact) mass is 424 g/mol. The van der Waals surface area contributed by atoms with Gasteiger partial charge in [0.05, 0.1) is 5.41 Å². The lowest BCUT2D eigenvalue weighted by atomic mass is 9.63. The molecule has 4 bridgehead atoms. The van der Waals surface area contributed by atoms with Gasteiger partial charge >= 0.3 is 0 Å². The highest BCUT2D eigenvalue weighted by Gasteiger charge is 2.70. The molecule has 1 aromatic rings. The normalized spacial score (nSPS) is 42.3. The first-order valence-electron chi connectivity index (χ1n) is 12.1. The SMILES string of the molecule is CCSC1C2CC3(c4ccccc4)CC1C(C(=O)/N=C/C1CCC(CN)CC1)(C2)C3. The van der Waals surface area contributed by atoms with Crippen LogP contribution in [-0.4, -0.2) is 29.7 Å². The van der Waals surface area contributed by atoms with E-state index >= 15 is 0 Å². The van der Waals surface area contributed by atoms with Crippen molar-refractivity contribution in [3.8, 4) is 0 Å². The summed E-state index contributed by atoms with van der Waals surface area (Å²) >= 11 is 2.10. The van der Waals surface area contributed by atoms with Crippen LogP contribution >= 0.6 is 11.8 Å². The largest absolute Gasteiger partial charge is 0.330 e. The van der Waals surface area contributed by atoms with Gasteiger partial charge < -0.3 is 5.73 Å². The van der Waals surface area contributed by atoms with Gasteiger partial charge in [0, 0.05) is 11.5 Å². The zero-order valence-corrected chi connectivity index (χ0v) is 19.1. The standard InChI is InChI=1S/C26H36N2OS/c1-2-30-23-20-12-25(21-6-4-3-5-7-21)14-22(23)26(13-20,17-25)24(29)28-16-19-10-8-18(15-27)9-11-19/h3-7,16,18-20,22-23H,2,8-15,17,27H2,1H3/b28-16+. The summed E-state index contributed by atoms with van der Waals surface area (Å²) in [7, 11) is 0. The summed E-state index contributed by atoms with van der Waals surface area (Å²) < 4.78 is 0. The first-order chi connectivity index (χ1) is 14.6. The van der Waals surface area contributed by atoms with Crippen molar-refractivity contribution in [3.05, 3.63) is 35.9 Å². The summed E-state index contributed by atoms with van der Waals surface area (Å²) in [6.07, 6.45) is 11.2. The Morgan fingerprint density at radius 3 is 2.63 bits per heavy atom. The van der Waals surface area contributed by atoms with E-state index in [0.29, 0.717) is 28.9 Å². The van der Waals surface area contributed by atoms with E-state index in [4.69, 9.17) is 5.73 Å². The fraction of sp³-hybridized carbons (Fsp3) is 0.692. The van der Waals surface area contributed by atoms with Crippen LogP contribution in [0.25, 0.3) is 0 Å². The molecule has 5 aliphatic carbocycles. The van der Waals surface area contributed by atoms with Crippen LogP contribution in [0.2, 0.25) is 0 Å². The maximum absolute atomic E-state index is 13.7. The Kier molecular flexibility index (Phi) is 5.60. The van der Waals surface area contributed by atoms with E-state index in [9.17, 15) is 4.79 Å². The highest BCUT2D eigenvalue weighted by molar-refractivity contribution is 7.99. The van der Waals surface area contributed by atoms with Crippen molar-refractivity contribution < 1.29 is 4.79 Å². The third kappa shape index (κ3) is 3.30. The van der Waals surface area contributed by atoms with Crippen LogP contribution in [0.5, 0.6) is 0 Å². The molecular formula is C26H36N2OS. The number of thioether (sulfide) groups is 1. The number of carbonyl (C=O) groups is 1. The molecule has 1 amide bonds. The number of hydrogen-bond acceptors (Lipinski definition) is 3. The summed E-state index contributed by atoms with van der Waals surface area (Å²) in [6.45, 7) is 3.06. The fourth-order valence-electron chi connectivity index (χ4n) is 7.61. The smallest absolute Gasteiger partial charge is 0.251 e. The van der Waals surface area contributed by atoms with Crippen molar-refractivity contribution in [2.45, 2.75) is 69.0 Å². The number of rotatable bonds is 6. The summed E-state index contributed by atoms with van der Waals surface area (Å²) in [4.78, 5) is 18.4. The second kappa shape index (κ2) is 8.09. The van der Waals surface area contributed by atoms with Crippen LogP contribution in [0.4, 0.5) is 0 Å². The van der Waals surface area contributed by atoms with E-state index in [2.05, 4.69) is 54.0 Å². The van der Waals surface area contributed by atoms with E-state index < -0.39 is 0 Å². The van der Waals surface area contributed by atoms with Crippen LogP contribution in [0.3, 0.4) is 0 Å². The molecule has 2 N–H and O–H groups in total. The second-order valence-electron chi connectivity index (χ2n) is 10.5. The molecule has 0 heterocycles. The third-order valence-corrected chi connectivity index (χ3v) is 10.3. The molecule has 5 unspecified atom stereocenters. The molecule has 4 heteroatoms. The first kappa shape index (κ1) is 20.8. The van der Waals surface area contributed by atoms with Crippen LogP contribution in [0, 0.1) is 29.1 Å². The van der Waals surface area contributed by atoms with Gasteiger partial charge in [-0.1, -0.05) is 37.3 Å². The highest BCUT2D eigenvalue weighted by Crippen LogP contribution is 2.73. The topological polar surface area (TPSA) is 55.5 Å². The Balaban J connectivity index is 1.38. The van der Waals surface area contributed by atoms with Gasteiger partial charge in [0.25, 0.3) is 5.91 Å². The van der Waals surface area contributed by atoms with E-state index in [-0.39, 0.29) is 16.7 Å². The van der Waals surface area contributed by atoms with Crippen molar-refractivity contribution in [1.29, 1.82) is 0 Å². The average Bonchev–Trinajstić information content (AvgIpc) is 3.16. The number of amides is 1. The van der Waals surface area contributed by atoms with E-state index in [0.717, 1.165) is 38.0 Å². The number of nitrogens with two attached hydrogens (primary N) is 1. The molecule has 0 radical (unpaired) electrons. The molecule has 5 atom stereocenters. The van der Waals surface area contributed by atoms with Crippen molar-refractivity contribution in [1.82, 2.24) is 0 Å². The van der Waals surface area contributed by atoms with E-state index in [1.54, 1.807) is 0 Å². The van der Waals surface area contributed by atoms with Gasteiger partial charge in [0.1, 0.15) is 0 Å². The molecule has 5 fully saturated rings. The van der Waals surface area contributed by atoms with Gasteiger partial charge in [-0.2, -0.15) is 11.8 Å². The Bertz CT molecular complexity index is 803. The molecule has 0 spiro atoms. The Morgan fingerprint density at radius 1 is 1.17 bits per heavy atom. The number of benzene rings is 1. The number of carbonyl (C=O) groups excluding carboxylic acids is 1.